The van der Waals surface area contributed by atoms with E-state index < -0.39 is 10.0 Å². The van der Waals surface area contributed by atoms with Gasteiger partial charge >= 0.3 is 0 Å². The Kier molecular flexibility index (Phi) is 3.81. The molecule has 0 amide bonds. The molecule has 2 aromatic heterocycles. The lowest BCUT2D eigenvalue weighted by atomic mass is 10.4. The molecule has 21 heavy (non-hydrogen) atoms. The molecular weight excluding hydrogens is 290 g/mol. The molecule has 0 bridgehead atoms. The molecule has 7 nitrogen and oxygen atoms in total. The quantitative estimate of drug-likeness (QED) is 0.827. The normalized spacial score (nSPS) is 17.5. The number of imidazole rings is 1. The lowest BCUT2D eigenvalue weighted by molar-refractivity contribution is 0.384. The van der Waals surface area contributed by atoms with Crippen molar-refractivity contribution in [1.82, 2.24) is 18.7 Å². The lowest BCUT2D eigenvalue weighted by Gasteiger charge is -2.33. The van der Waals surface area contributed by atoms with Crippen molar-refractivity contribution < 1.29 is 8.42 Å². The van der Waals surface area contributed by atoms with Gasteiger partial charge in [0.2, 0.25) is 15.8 Å². The zero-order valence-electron chi connectivity index (χ0n) is 12.0. The van der Waals surface area contributed by atoms with Crippen LogP contribution in [-0.4, -0.2) is 59.0 Å². The minimum absolute atomic E-state index is 0.227. The van der Waals surface area contributed by atoms with Gasteiger partial charge in [-0.15, -0.1) is 0 Å². The van der Waals surface area contributed by atoms with Gasteiger partial charge in [0.1, 0.15) is 5.82 Å². The molecule has 0 spiro atoms. The molecule has 3 heterocycles. The molecule has 0 N–H and O–H groups in total. The van der Waals surface area contributed by atoms with Gasteiger partial charge < -0.3 is 4.90 Å². The van der Waals surface area contributed by atoms with Crippen LogP contribution in [0.1, 0.15) is 13.3 Å². The summed E-state index contributed by atoms with van der Waals surface area (Å²) in [5.41, 5.74) is 0. The van der Waals surface area contributed by atoms with Gasteiger partial charge in [0.15, 0.2) is 0 Å². The topological polar surface area (TPSA) is 70.8 Å². The number of hydrogen-bond donors (Lipinski definition) is 0. The Morgan fingerprint density at radius 1 is 1.24 bits per heavy atom. The monoisotopic (exact) mass is 309 g/mol. The number of hydrogen-bond acceptors (Lipinski definition) is 5. The van der Waals surface area contributed by atoms with E-state index >= 15 is 0 Å². The average Bonchev–Trinajstić information content (AvgIpc) is 2.91. The molecule has 1 saturated heterocycles. The summed E-state index contributed by atoms with van der Waals surface area (Å²) in [5, 5.41) is 0. The van der Waals surface area contributed by atoms with Crippen molar-refractivity contribution in [3.63, 3.8) is 0 Å². The van der Waals surface area contributed by atoms with Crippen LogP contribution < -0.4 is 4.90 Å². The first-order valence-electron chi connectivity index (χ1n) is 7.12. The Balaban J connectivity index is 1.71. The van der Waals surface area contributed by atoms with Gasteiger partial charge in [-0.3, -0.25) is 4.40 Å². The van der Waals surface area contributed by atoms with Gasteiger partial charge in [-0.1, -0.05) is 6.92 Å². The maximum absolute atomic E-state index is 12.0. The Hall–Kier alpha value is -1.67. The zero-order valence-corrected chi connectivity index (χ0v) is 12.8. The van der Waals surface area contributed by atoms with Gasteiger partial charge in [-0.25, -0.2) is 13.4 Å². The molecule has 1 aliphatic rings. The van der Waals surface area contributed by atoms with E-state index in [0.717, 1.165) is 5.82 Å². The SMILES string of the molecule is CCCS(=O)(=O)N1CCN(c2cn3cccnc3n2)CC1. The summed E-state index contributed by atoms with van der Waals surface area (Å²) in [5.74, 6) is 1.74. The summed E-state index contributed by atoms with van der Waals surface area (Å²) in [6.45, 7) is 4.24. The van der Waals surface area contributed by atoms with E-state index in [1.54, 1.807) is 10.5 Å². The molecule has 1 aliphatic heterocycles. The molecule has 3 rings (SSSR count). The number of rotatable bonds is 4. The van der Waals surface area contributed by atoms with E-state index in [2.05, 4.69) is 14.9 Å². The fourth-order valence-corrected chi connectivity index (χ4v) is 4.05. The van der Waals surface area contributed by atoms with Crippen molar-refractivity contribution in [3.8, 4) is 0 Å². The van der Waals surface area contributed by atoms with Crippen LogP contribution >= 0.6 is 0 Å². The molecule has 0 aromatic carbocycles. The van der Waals surface area contributed by atoms with Crippen LogP contribution in [0.3, 0.4) is 0 Å². The van der Waals surface area contributed by atoms with Gasteiger partial charge in [-0.05, 0) is 12.5 Å². The first-order valence-corrected chi connectivity index (χ1v) is 8.73. The van der Waals surface area contributed by atoms with Crippen LogP contribution in [0.2, 0.25) is 0 Å². The molecule has 8 heteroatoms. The highest BCUT2D eigenvalue weighted by atomic mass is 32.2. The predicted molar refractivity (Wildman–Crippen MR) is 80.9 cm³/mol. The largest absolute Gasteiger partial charge is 0.353 e. The van der Waals surface area contributed by atoms with Gasteiger partial charge in [0, 0.05) is 38.6 Å². The second kappa shape index (κ2) is 5.61. The van der Waals surface area contributed by atoms with Gasteiger partial charge in [-0.2, -0.15) is 9.29 Å². The van der Waals surface area contributed by atoms with E-state index in [4.69, 9.17) is 0 Å². The van der Waals surface area contributed by atoms with Crippen molar-refractivity contribution in [2.45, 2.75) is 13.3 Å². The van der Waals surface area contributed by atoms with Crippen molar-refractivity contribution in [2.75, 3.05) is 36.8 Å². The number of piperazine rings is 1. The standard InChI is InChI=1S/C13H19N5O2S/c1-2-10-21(19,20)18-8-6-16(7-9-18)12-11-17-5-3-4-14-13(17)15-12/h3-5,11H,2,6-10H2,1H3. The van der Waals surface area contributed by atoms with Crippen LogP contribution in [0.5, 0.6) is 0 Å². The van der Waals surface area contributed by atoms with Gasteiger partial charge in [0.25, 0.3) is 0 Å². The zero-order chi connectivity index (χ0) is 14.9. The van der Waals surface area contributed by atoms with E-state index in [0.29, 0.717) is 38.4 Å². The Morgan fingerprint density at radius 3 is 2.67 bits per heavy atom. The van der Waals surface area contributed by atoms with Crippen LogP contribution in [0.25, 0.3) is 5.78 Å². The van der Waals surface area contributed by atoms with E-state index in [9.17, 15) is 8.42 Å². The molecular formula is C13H19N5O2S. The minimum Gasteiger partial charge on any atom is -0.353 e. The van der Waals surface area contributed by atoms with Crippen molar-refractivity contribution in [2.24, 2.45) is 0 Å². The molecule has 0 saturated carbocycles. The van der Waals surface area contributed by atoms with Crippen molar-refractivity contribution in [1.29, 1.82) is 0 Å². The number of sulfonamides is 1. The van der Waals surface area contributed by atoms with Crippen LogP contribution in [0.15, 0.2) is 24.7 Å². The highest BCUT2D eigenvalue weighted by Gasteiger charge is 2.27. The molecule has 114 valence electrons. The highest BCUT2D eigenvalue weighted by molar-refractivity contribution is 7.89. The summed E-state index contributed by atoms with van der Waals surface area (Å²) in [4.78, 5) is 10.8. The number of anilines is 1. The summed E-state index contributed by atoms with van der Waals surface area (Å²) < 4.78 is 27.5. The third-order valence-corrected chi connectivity index (χ3v) is 5.72. The summed E-state index contributed by atoms with van der Waals surface area (Å²) >= 11 is 0. The predicted octanol–water partition coefficient (Wildman–Crippen LogP) is 0.591. The molecule has 1 fully saturated rings. The van der Waals surface area contributed by atoms with E-state index in [1.165, 1.54) is 0 Å². The molecule has 0 aliphatic carbocycles. The van der Waals surface area contributed by atoms with E-state index in [-0.39, 0.29) is 5.75 Å². The van der Waals surface area contributed by atoms with E-state index in [1.807, 2.05) is 29.8 Å². The number of aromatic nitrogens is 3. The van der Waals surface area contributed by atoms with Gasteiger partial charge in [0.05, 0.1) is 11.9 Å². The maximum atomic E-state index is 12.0. The highest BCUT2D eigenvalue weighted by Crippen LogP contribution is 2.17. The molecule has 0 unspecified atom stereocenters. The fraction of sp³-hybridized carbons (Fsp3) is 0.538. The lowest BCUT2D eigenvalue weighted by Crippen LogP contribution is -2.49. The molecule has 0 atom stereocenters. The molecule has 0 radical (unpaired) electrons. The Morgan fingerprint density at radius 2 is 2.00 bits per heavy atom. The summed E-state index contributed by atoms with van der Waals surface area (Å²) in [6, 6.07) is 1.85. The number of fused-ring (bicyclic) bond motifs is 1. The summed E-state index contributed by atoms with van der Waals surface area (Å²) in [7, 11) is -3.09. The number of nitrogens with zero attached hydrogens (tertiary/aromatic N) is 5. The van der Waals surface area contributed by atoms with Crippen LogP contribution in [0, 0.1) is 0 Å². The second-order valence-electron chi connectivity index (χ2n) is 5.13. The maximum Gasteiger partial charge on any atom is 0.235 e. The third-order valence-electron chi connectivity index (χ3n) is 3.64. The Labute approximate surface area is 124 Å². The second-order valence-corrected chi connectivity index (χ2v) is 7.22. The van der Waals surface area contributed by atoms with Crippen LogP contribution in [0.4, 0.5) is 5.82 Å². The first-order chi connectivity index (χ1) is 10.1. The first kappa shape index (κ1) is 14.3. The average molecular weight is 309 g/mol. The van der Waals surface area contributed by atoms with Crippen LogP contribution in [-0.2, 0) is 10.0 Å². The van der Waals surface area contributed by atoms with Crippen molar-refractivity contribution >= 4 is 21.6 Å². The summed E-state index contributed by atoms with van der Waals surface area (Å²) in [6.07, 6.45) is 6.20. The minimum atomic E-state index is -3.09. The Bertz CT molecular complexity index is 686. The molecule has 2 aromatic rings. The fourth-order valence-electron chi connectivity index (χ4n) is 2.55. The van der Waals surface area contributed by atoms with Crippen molar-refractivity contribution in [3.05, 3.63) is 24.7 Å². The smallest absolute Gasteiger partial charge is 0.235 e. The third kappa shape index (κ3) is 2.86.